The molecule has 2 aromatic carbocycles. The summed E-state index contributed by atoms with van der Waals surface area (Å²) in [5.41, 5.74) is 2.10. The summed E-state index contributed by atoms with van der Waals surface area (Å²) in [5, 5.41) is 6.52. The van der Waals surface area contributed by atoms with Crippen LogP contribution in [0.5, 0.6) is 0 Å². The number of methoxy groups -OCH3 is 1. The first-order valence-corrected chi connectivity index (χ1v) is 13.9. The Hall–Kier alpha value is -3.47. The molecule has 0 fully saturated rings. The second-order valence-electron chi connectivity index (χ2n) is 8.74. The lowest BCUT2D eigenvalue weighted by atomic mass is 10.1. The van der Waals surface area contributed by atoms with E-state index in [-0.39, 0.29) is 24.2 Å². The Morgan fingerprint density at radius 2 is 1.77 bits per heavy atom. The number of benzene rings is 2. The fourth-order valence-corrected chi connectivity index (χ4v) is 4.50. The second-order valence-corrected chi connectivity index (χ2v) is 9.90. The molecule has 208 valence electrons. The number of carbonyl (C=O) groups is 3. The van der Waals surface area contributed by atoms with Gasteiger partial charge in [-0.15, -0.1) is 0 Å². The number of unbranched alkanes of at least 4 members (excludes halogenated alkanes) is 2. The van der Waals surface area contributed by atoms with Crippen molar-refractivity contribution < 1.29 is 28.6 Å². The number of fused-ring (bicyclic) bond motifs is 1. The molecule has 10 heteroatoms. The summed E-state index contributed by atoms with van der Waals surface area (Å²) in [6.07, 6.45) is 3.71. The number of nitrogens with one attached hydrogen (secondary N) is 2. The zero-order chi connectivity index (χ0) is 27.7. The Kier molecular flexibility index (Phi) is 13.3. The number of carbonyl (C=O) groups excluding carboxylic acids is 3. The first kappa shape index (κ1) is 30.1. The molecule has 0 saturated heterocycles. The molecule has 0 aliphatic heterocycles. The van der Waals surface area contributed by atoms with Crippen LogP contribution in [0, 0.1) is 0 Å². The minimum atomic E-state index is -0.796. The van der Waals surface area contributed by atoms with Crippen LogP contribution in [0.4, 0.5) is 10.5 Å². The predicted molar refractivity (Wildman–Crippen MR) is 153 cm³/mol. The maximum Gasteiger partial charge on any atom is 0.408 e. The fourth-order valence-electron chi connectivity index (χ4n) is 3.75. The van der Waals surface area contributed by atoms with E-state index in [1.54, 1.807) is 19.4 Å². The molecule has 3 rings (SSSR count). The Labute approximate surface area is 233 Å². The lowest BCUT2D eigenvalue weighted by Gasteiger charge is -2.19. The number of thioether (sulfide) groups is 1. The highest BCUT2D eigenvalue weighted by Crippen LogP contribution is 2.21. The summed E-state index contributed by atoms with van der Waals surface area (Å²) in [6.45, 7) is 1.02. The SMILES string of the molecule is COCCOCC(=O)SCCCCC[C@H](NC(=O)OCc1ccccc1)C(=O)Nc1cccc2cccnc12. The Bertz CT molecular complexity index is 1190. The van der Waals surface area contributed by atoms with Gasteiger partial charge in [-0.3, -0.25) is 14.6 Å². The maximum absolute atomic E-state index is 13.2. The molecule has 0 saturated carbocycles. The number of anilines is 1. The predicted octanol–water partition coefficient (Wildman–Crippen LogP) is 4.95. The first-order chi connectivity index (χ1) is 19.1. The maximum atomic E-state index is 13.2. The molecular formula is C29H35N3O6S. The molecule has 0 spiro atoms. The molecule has 0 unspecified atom stereocenters. The number of amides is 2. The summed E-state index contributed by atoms with van der Waals surface area (Å²) < 4.78 is 15.5. The molecule has 0 aliphatic rings. The highest BCUT2D eigenvalue weighted by molar-refractivity contribution is 8.13. The zero-order valence-electron chi connectivity index (χ0n) is 22.1. The van der Waals surface area contributed by atoms with Crippen molar-refractivity contribution in [3.05, 3.63) is 72.4 Å². The third-order valence-corrected chi connectivity index (χ3v) is 6.70. The Balaban J connectivity index is 1.51. The van der Waals surface area contributed by atoms with Crippen LogP contribution in [0.15, 0.2) is 66.9 Å². The summed E-state index contributed by atoms with van der Waals surface area (Å²) >= 11 is 1.24. The number of alkyl carbamates (subject to hydrolysis) is 1. The van der Waals surface area contributed by atoms with Crippen LogP contribution in [0.3, 0.4) is 0 Å². The second kappa shape index (κ2) is 17.2. The van der Waals surface area contributed by atoms with Gasteiger partial charge in [0.1, 0.15) is 19.3 Å². The van der Waals surface area contributed by atoms with Gasteiger partial charge in [0.2, 0.25) is 11.0 Å². The lowest BCUT2D eigenvalue weighted by Crippen LogP contribution is -2.44. The van der Waals surface area contributed by atoms with Crippen molar-refractivity contribution in [3.63, 3.8) is 0 Å². The van der Waals surface area contributed by atoms with Gasteiger partial charge in [0, 0.05) is 24.4 Å². The van der Waals surface area contributed by atoms with Crippen LogP contribution in [-0.2, 0) is 30.4 Å². The van der Waals surface area contributed by atoms with Gasteiger partial charge in [-0.2, -0.15) is 0 Å². The number of hydrogen-bond donors (Lipinski definition) is 2. The smallest absolute Gasteiger partial charge is 0.408 e. The number of para-hydroxylation sites is 1. The number of ether oxygens (including phenoxy) is 3. The molecule has 2 N–H and O–H groups in total. The average molecular weight is 554 g/mol. The monoisotopic (exact) mass is 553 g/mol. The van der Waals surface area contributed by atoms with Gasteiger partial charge in [0.05, 0.1) is 24.4 Å². The van der Waals surface area contributed by atoms with E-state index in [9.17, 15) is 14.4 Å². The zero-order valence-corrected chi connectivity index (χ0v) is 22.9. The normalized spacial score (nSPS) is 11.6. The van der Waals surface area contributed by atoms with E-state index in [4.69, 9.17) is 14.2 Å². The number of rotatable bonds is 16. The highest BCUT2D eigenvalue weighted by Gasteiger charge is 2.22. The van der Waals surface area contributed by atoms with Crippen LogP contribution >= 0.6 is 11.8 Å². The topological polar surface area (TPSA) is 116 Å². The van der Waals surface area contributed by atoms with Crippen LogP contribution in [-0.4, -0.2) is 60.8 Å². The van der Waals surface area contributed by atoms with Gasteiger partial charge >= 0.3 is 6.09 Å². The van der Waals surface area contributed by atoms with Crippen molar-refractivity contribution in [3.8, 4) is 0 Å². The average Bonchev–Trinajstić information content (AvgIpc) is 2.96. The molecule has 39 heavy (non-hydrogen) atoms. The van der Waals surface area contributed by atoms with Gasteiger partial charge in [-0.25, -0.2) is 4.79 Å². The van der Waals surface area contributed by atoms with E-state index >= 15 is 0 Å². The summed E-state index contributed by atoms with van der Waals surface area (Å²) in [6, 6.07) is 17.8. The molecular weight excluding hydrogens is 518 g/mol. The van der Waals surface area contributed by atoms with Crippen molar-refractivity contribution in [1.29, 1.82) is 0 Å². The lowest BCUT2D eigenvalue weighted by molar-refractivity contribution is -0.118. The molecule has 0 radical (unpaired) electrons. The number of hydrogen-bond acceptors (Lipinski definition) is 8. The molecule has 2 amide bonds. The molecule has 1 heterocycles. The molecule has 9 nitrogen and oxygen atoms in total. The highest BCUT2D eigenvalue weighted by atomic mass is 32.2. The van der Waals surface area contributed by atoms with E-state index in [1.165, 1.54) is 11.8 Å². The standard InChI is InChI=1S/C29H35N3O6S/c1-36-17-18-37-21-26(33)39-19-7-3-6-14-25(32-29(35)38-20-22-10-4-2-5-11-22)28(34)31-24-15-8-12-23-13-9-16-30-27(23)24/h2,4-5,8-13,15-16,25H,3,6-7,14,17-21H2,1H3,(H,31,34)(H,32,35)/t25-/m0/s1. The van der Waals surface area contributed by atoms with Crippen molar-refractivity contribution in [2.45, 2.75) is 38.3 Å². The van der Waals surface area contributed by atoms with Crippen molar-refractivity contribution >= 4 is 45.5 Å². The number of nitrogens with zero attached hydrogens (tertiary/aromatic N) is 1. The van der Waals surface area contributed by atoms with Gasteiger partial charge < -0.3 is 24.8 Å². The molecule has 0 bridgehead atoms. The number of pyridine rings is 1. The summed E-state index contributed by atoms with van der Waals surface area (Å²) in [5.74, 6) is 0.319. The third kappa shape index (κ3) is 11.0. The quantitative estimate of drug-likeness (QED) is 0.239. The third-order valence-electron chi connectivity index (χ3n) is 5.76. The van der Waals surface area contributed by atoms with E-state index < -0.39 is 12.1 Å². The summed E-state index contributed by atoms with van der Waals surface area (Å²) in [7, 11) is 1.58. The Morgan fingerprint density at radius 3 is 2.59 bits per heavy atom. The van der Waals surface area contributed by atoms with Crippen molar-refractivity contribution in [2.75, 3.05) is 38.0 Å². The van der Waals surface area contributed by atoms with Crippen molar-refractivity contribution in [1.82, 2.24) is 10.3 Å². The van der Waals surface area contributed by atoms with E-state index in [0.717, 1.165) is 23.8 Å². The number of aromatic nitrogens is 1. The van der Waals surface area contributed by atoms with Crippen LogP contribution in [0.2, 0.25) is 0 Å². The Morgan fingerprint density at radius 1 is 0.949 bits per heavy atom. The van der Waals surface area contributed by atoms with Gasteiger partial charge in [0.25, 0.3) is 0 Å². The van der Waals surface area contributed by atoms with Crippen LogP contribution in [0.1, 0.15) is 31.2 Å². The molecule has 0 aliphatic carbocycles. The van der Waals surface area contributed by atoms with Gasteiger partial charge in [-0.1, -0.05) is 73.1 Å². The molecule has 1 atom stereocenters. The van der Waals surface area contributed by atoms with E-state index in [2.05, 4.69) is 15.6 Å². The van der Waals surface area contributed by atoms with Gasteiger partial charge in [0.15, 0.2) is 0 Å². The minimum Gasteiger partial charge on any atom is -0.445 e. The largest absolute Gasteiger partial charge is 0.445 e. The van der Waals surface area contributed by atoms with Crippen LogP contribution in [0.25, 0.3) is 10.9 Å². The fraction of sp³-hybridized carbons (Fsp3) is 0.379. The molecule has 3 aromatic rings. The van der Waals surface area contributed by atoms with Gasteiger partial charge in [-0.05, 0) is 30.5 Å². The minimum absolute atomic E-state index is 0.0186. The van der Waals surface area contributed by atoms with Crippen molar-refractivity contribution in [2.24, 2.45) is 0 Å². The summed E-state index contributed by atoms with van der Waals surface area (Å²) in [4.78, 5) is 42.0. The molecule has 1 aromatic heterocycles. The van der Waals surface area contributed by atoms with Crippen LogP contribution < -0.4 is 10.6 Å². The van der Waals surface area contributed by atoms with E-state index in [0.29, 0.717) is 43.0 Å². The first-order valence-electron chi connectivity index (χ1n) is 12.9. The van der Waals surface area contributed by atoms with E-state index in [1.807, 2.05) is 54.6 Å².